The van der Waals surface area contributed by atoms with Crippen LogP contribution in [-0.4, -0.2) is 74.0 Å². The number of aliphatic hydroxyl groups is 2. The second-order valence-electron chi connectivity index (χ2n) is 5.15. The van der Waals surface area contributed by atoms with Gasteiger partial charge in [0, 0.05) is 26.4 Å². The minimum absolute atomic E-state index is 0. The summed E-state index contributed by atoms with van der Waals surface area (Å²) in [5, 5.41) is 16.1. The van der Waals surface area contributed by atoms with E-state index in [9.17, 15) is 19.2 Å². The molecule has 0 aromatic rings. The van der Waals surface area contributed by atoms with Crippen LogP contribution in [-0.2, 0) is 54.9 Å². The minimum atomic E-state index is -0.216. The Hall–Kier alpha value is -0.597. The normalized spacial score (nSPS) is 8.48. The molecule has 0 rings (SSSR count). The van der Waals surface area contributed by atoms with Crippen LogP contribution in [0.4, 0.5) is 0 Å². The van der Waals surface area contributed by atoms with Crippen molar-refractivity contribution in [3.63, 3.8) is 0 Å². The molecular formula is C20H38O8Zr. The van der Waals surface area contributed by atoms with Crippen molar-refractivity contribution < 1.29 is 65.1 Å². The second kappa shape index (κ2) is 41.7. The Morgan fingerprint density at radius 1 is 0.724 bits per heavy atom. The molecule has 0 spiro atoms. The summed E-state index contributed by atoms with van der Waals surface area (Å²) in [6.07, 6.45) is 6.76. The van der Waals surface area contributed by atoms with Gasteiger partial charge < -0.3 is 29.3 Å². The molecule has 0 saturated heterocycles. The van der Waals surface area contributed by atoms with Crippen LogP contribution in [0, 0.1) is 0 Å². The zero-order valence-electron chi connectivity index (χ0n) is 18.3. The van der Waals surface area contributed by atoms with Crippen LogP contribution >= 0.6 is 0 Å². The summed E-state index contributed by atoms with van der Waals surface area (Å²) in [6.45, 7) is 9.45. The summed E-state index contributed by atoms with van der Waals surface area (Å²) in [5.74, 6) is -0.432. The molecule has 170 valence electrons. The Labute approximate surface area is 194 Å². The van der Waals surface area contributed by atoms with E-state index in [-0.39, 0.29) is 63.8 Å². The number of hydrogen-bond donors (Lipinski definition) is 2. The van der Waals surface area contributed by atoms with E-state index < -0.39 is 0 Å². The number of unbranched alkanes of at least 4 members (excludes halogenated alkanes) is 2. The Bertz CT molecular complexity index is 302. The Balaban J connectivity index is -0.0000000907. The van der Waals surface area contributed by atoms with E-state index >= 15 is 0 Å². The molecule has 9 heteroatoms. The predicted octanol–water partition coefficient (Wildman–Crippen LogP) is 1.74. The van der Waals surface area contributed by atoms with E-state index in [1.165, 1.54) is 12.6 Å². The van der Waals surface area contributed by atoms with Crippen molar-refractivity contribution in [1.82, 2.24) is 0 Å². The molecule has 0 unspecified atom stereocenters. The van der Waals surface area contributed by atoms with Gasteiger partial charge in [-0.15, -0.1) is 0 Å². The molecule has 0 atom stereocenters. The molecule has 0 aliphatic heterocycles. The van der Waals surface area contributed by atoms with Crippen molar-refractivity contribution in [2.75, 3.05) is 39.6 Å². The van der Waals surface area contributed by atoms with E-state index in [4.69, 9.17) is 19.7 Å². The fourth-order valence-electron chi connectivity index (χ4n) is 1.01. The molecule has 0 bridgehead atoms. The van der Waals surface area contributed by atoms with Crippen molar-refractivity contribution in [2.45, 2.75) is 66.2 Å². The summed E-state index contributed by atoms with van der Waals surface area (Å²) in [7, 11) is 0. The molecule has 0 radical (unpaired) electrons. The number of carbonyl (C=O) groups is 2. The number of hydrogen-bond acceptors (Lipinski definition) is 8. The van der Waals surface area contributed by atoms with E-state index in [2.05, 4.69) is 13.8 Å². The van der Waals surface area contributed by atoms with Crippen LogP contribution in [0.3, 0.4) is 0 Å². The molecule has 0 saturated carbocycles. The van der Waals surface area contributed by atoms with Gasteiger partial charge in [0.1, 0.15) is 24.8 Å². The zero-order chi connectivity index (χ0) is 22.5. The number of aliphatic hydroxyl groups excluding tert-OH is 2. The van der Waals surface area contributed by atoms with E-state index in [0.717, 1.165) is 25.7 Å². The number of carbonyl (C=O) groups excluding carboxylic acids is 4. The molecular weight excluding hydrogens is 459 g/mol. The first-order chi connectivity index (χ1) is 13.4. The van der Waals surface area contributed by atoms with Crippen LogP contribution < -0.4 is 0 Å². The van der Waals surface area contributed by atoms with Gasteiger partial charge in [0.25, 0.3) is 0 Å². The van der Waals surface area contributed by atoms with Crippen molar-refractivity contribution >= 4 is 24.1 Å². The van der Waals surface area contributed by atoms with Gasteiger partial charge in [-0.2, -0.15) is 0 Å². The largest absolute Gasteiger partial charge is 2.00 e. The maximum atomic E-state index is 10.4. The number of Topliss-reactive ketones (excluding diaryl/α,β-unsaturated/α-hetero) is 2. The van der Waals surface area contributed by atoms with E-state index in [1.807, 2.05) is 0 Å². The average molecular weight is 498 g/mol. The third-order valence-corrected chi connectivity index (χ3v) is 2.50. The van der Waals surface area contributed by atoms with Gasteiger partial charge in [-0.1, -0.05) is 39.5 Å². The molecule has 29 heavy (non-hydrogen) atoms. The molecule has 0 aliphatic carbocycles. The second-order valence-corrected chi connectivity index (χ2v) is 5.15. The van der Waals surface area contributed by atoms with Gasteiger partial charge in [0.15, 0.2) is 0 Å². The Kier molecular flexibility index (Phi) is 56.0. The standard InChI is InChI=1S/2C6H9O3.2C4H10O.Zr/c2*1-2-9-5-6(8)3-4-7;2*1-2-3-4-5;/h2*2-3,5H2,1H3;2*5H,2-4H2,1H3;/q2*-1;;;+2. The first-order valence-corrected chi connectivity index (χ1v) is 9.55. The van der Waals surface area contributed by atoms with Crippen molar-refractivity contribution in [3.8, 4) is 0 Å². The topological polar surface area (TPSA) is 127 Å². The average Bonchev–Trinajstić information content (AvgIpc) is 2.68. The fourth-order valence-corrected chi connectivity index (χ4v) is 1.01. The molecule has 0 aromatic heterocycles. The monoisotopic (exact) mass is 496 g/mol. The molecule has 0 aliphatic rings. The van der Waals surface area contributed by atoms with Gasteiger partial charge in [-0.25, -0.2) is 0 Å². The van der Waals surface area contributed by atoms with Crippen LogP contribution in [0.15, 0.2) is 0 Å². The summed E-state index contributed by atoms with van der Waals surface area (Å²) in [6, 6.07) is 0. The van der Waals surface area contributed by atoms with Crippen LogP contribution in [0.1, 0.15) is 66.2 Å². The molecule has 0 fully saturated rings. The van der Waals surface area contributed by atoms with E-state index in [0.29, 0.717) is 26.4 Å². The molecule has 0 amide bonds. The van der Waals surface area contributed by atoms with Crippen LogP contribution in [0.5, 0.6) is 0 Å². The third-order valence-electron chi connectivity index (χ3n) is 2.50. The summed E-state index contributed by atoms with van der Waals surface area (Å²) in [4.78, 5) is 40.0. The Morgan fingerprint density at radius 2 is 1.03 bits per heavy atom. The zero-order valence-corrected chi connectivity index (χ0v) is 20.8. The summed E-state index contributed by atoms with van der Waals surface area (Å²) < 4.78 is 9.44. The smallest absolute Gasteiger partial charge is 0.541 e. The first-order valence-electron chi connectivity index (χ1n) is 9.55. The van der Waals surface area contributed by atoms with E-state index in [1.54, 1.807) is 13.8 Å². The van der Waals surface area contributed by atoms with Gasteiger partial charge >= 0.3 is 26.2 Å². The molecule has 0 heterocycles. The number of ketones is 2. The Morgan fingerprint density at radius 3 is 1.17 bits per heavy atom. The number of rotatable bonds is 14. The maximum Gasteiger partial charge on any atom is 2.00 e. The summed E-state index contributed by atoms with van der Waals surface area (Å²) in [5.41, 5.74) is 0. The maximum absolute atomic E-state index is 10.4. The van der Waals surface area contributed by atoms with Crippen molar-refractivity contribution in [2.24, 2.45) is 0 Å². The van der Waals surface area contributed by atoms with Crippen molar-refractivity contribution in [3.05, 3.63) is 0 Å². The van der Waals surface area contributed by atoms with Gasteiger partial charge in [-0.05, 0) is 26.7 Å². The molecule has 0 aromatic carbocycles. The van der Waals surface area contributed by atoms with Gasteiger partial charge in [0.05, 0.1) is 0 Å². The van der Waals surface area contributed by atoms with Crippen LogP contribution in [0.2, 0.25) is 0 Å². The predicted molar refractivity (Wildman–Crippen MR) is 108 cm³/mol. The minimum Gasteiger partial charge on any atom is -0.541 e. The summed E-state index contributed by atoms with van der Waals surface area (Å²) >= 11 is 0. The quantitative estimate of drug-likeness (QED) is 0.274. The van der Waals surface area contributed by atoms with Crippen LogP contribution in [0.25, 0.3) is 0 Å². The van der Waals surface area contributed by atoms with Gasteiger partial charge in [-0.3, -0.25) is 22.2 Å². The molecule has 8 nitrogen and oxygen atoms in total. The van der Waals surface area contributed by atoms with Crippen molar-refractivity contribution in [1.29, 1.82) is 0 Å². The first kappa shape index (κ1) is 38.9. The SMILES string of the molecule is CCCCO.CCCCO.CCOCC(=O)C[C-]=O.CCOCC(=O)C[C-]=O.[Zr+2]. The molecule has 2 N–H and O–H groups in total. The number of ether oxygens (including phenoxy) is 2. The third kappa shape index (κ3) is 58.4. The van der Waals surface area contributed by atoms with Gasteiger partial charge in [0.2, 0.25) is 0 Å². The fraction of sp³-hybridized carbons (Fsp3) is 0.800.